The second-order valence-corrected chi connectivity index (χ2v) is 4.12. The number of nitrogens with one attached hydrogen (secondary N) is 1. The highest BCUT2D eigenvalue weighted by molar-refractivity contribution is 5.95. The summed E-state index contributed by atoms with van der Waals surface area (Å²) in [5.74, 6) is 0.779. The first kappa shape index (κ1) is 13.1. The smallest absolute Gasteiger partial charge is 0.251 e. The predicted octanol–water partition coefficient (Wildman–Crippen LogP) is 3.11. The Balaban J connectivity index is 2.28. The van der Waals surface area contributed by atoms with Crippen molar-refractivity contribution in [2.24, 2.45) is 0 Å². The lowest BCUT2D eigenvalue weighted by Crippen LogP contribution is -2.17. The standard InChI is InChI=1S/C16H17NO2/c1-3-19-15-9-7-12(8-10-15)13-5-4-6-14(11-13)16(18)17-2/h4-11H,3H2,1-2H3,(H,17,18). The summed E-state index contributed by atoms with van der Waals surface area (Å²) in [7, 11) is 1.63. The minimum atomic E-state index is -0.0761. The van der Waals surface area contributed by atoms with E-state index in [4.69, 9.17) is 4.74 Å². The normalized spacial score (nSPS) is 10.0. The Bertz CT molecular complexity index is 561. The summed E-state index contributed by atoms with van der Waals surface area (Å²) in [6, 6.07) is 15.4. The largest absolute Gasteiger partial charge is 0.494 e. The first-order chi connectivity index (χ1) is 9.24. The lowest BCUT2D eigenvalue weighted by atomic mass is 10.0. The van der Waals surface area contributed by atoms with Gasteiger partial charge in [0.25, 0.3) is 5.91 Å². The number of carbonyl (C=O) groups is 1. The predicted molar refractivity (Wildman–Crippen MR) is 76.4 cm³/mol. The Morgan fingerprint density at radius 2 is 1.84 bits per heavy atom. The zero-order valence-electron chi connectivity index (χ0n) is 11.1. The van der Waals surface area contributed by atoms with Crippen LogP contribution in [0, 0.1) is 0 Å². The summed E-state index contributed by atoms with van der Waals surface area (Å²) in [6.45, 7) is 2.62. The number of rotatable bonds is 4. The molecule has 0 unspecified atom stereocenters. The highest BCUT2D eigenvalue weighted by Crippen LogP contribution is 2.23. The fourth-order valence-corrected chi connectivity index (χ4v) is 1.89. The summed E-state index contributed by atoms with van der Waals surface area (Å²) >= 11 is 0. The van der Waals surface area contributed by atoms with E-state index in [1.54, 1.807) is 13.1 Å². The van der Waals surface area contributed by atoms with Crippen LogP contribution >= 0.6 is 0 Å². The van der Waals surface area contributed by atoms with Crippen LogP contribution in [0.15, 0.2) is 48.5 Å². The Labute approximate surface area is 113 Å². The lowest BCUT2D eigenvalue weighted by molar-refractivity contribution is 0.0963. The van der Waals surface area contributed by atoms with Crippen LogP contribution in [-0.2, 0) is 0 Å². The van der Waals surface area contributed by atoms with Crippen molar-refractivity contribution in [1.82, 2.24) is 5.32 Å². The van der Waals surface area contributed by atoms with Crippen molar-refractivity contribution in [3.05, 3.63) is 54.1 Å². The van der Waals surface area contributed by atoms with E-state index in [0.29, 0.717) is 12.2 Å². The molecule has 0 aliphatic carbocycles. The van der Waals surface area contributed by atoms with Gasteiger partial charge in [0.15, 0.2) is 0 Å². The van der Waals surface area contributed by atoms with Gasteiger partial charge >= 0.3 is 0 Å². The van der Waals surface area contributed by atoms with Gasteiger partial charge < -0.3 is 10.1 Å². The number of ether oxygens (including phenoxy) is 1. The van der Waals surface area contributed by atoms with Crippen LogP contribution in [0.3, 0.4) is 0 Å². The Morgan fingerprint density at radius 1 is 1.11 bits per heavy atom. The molecule has 1 N–H and O–H groups in total. The van der Waals surface area contributed by atoms with E-state index in [1.165, 1.54) is 0 Å². The first-order valence-electron chi connectivity index (χ1n) is 6.30. The van der Waals surface area contributed by atoms with Crippen LogP contribution in [0.2, 0.25) is 0 Å². The van der Waals surface area contributed by atoms with Gasteiger partial charge in [-0.05, 0) is 42.3 Å². The van der Waals surface area contributed by atoms with Gasteiger partial charge in [-0.3, -0.25) is 4.79 Å². The summed E-state index contributed by atoms with van der Waals surface area (Å²) in [5, 5.41) is 2.63. The minimum Gasteiger partial charge on any atom is -0.494 e. The van der Waals surface area contributed by atoms with Crippen LogP contribution < -0.4 is 10.1 Å². The molecule has 0 atom stereocenters. The fourth-order valence-electron chi connectivity index (χ4n) is 1.89. The van der Waals surface area contributed by atoms with E-state index < -0.39 is 0 Å². The van der Waals surface area contributed by atoms with E-state index in [1.807, 2.05) is 49.4 Å². The molecular formula is C16H17NO2. The van der Waals surface area contributed by atoms with Crippen molar-refractivity contribution in [2.45, 2.75) is 6.92 Å². The molecule has 0 spiro atoms. The van der Waals surface area contributed by atoms with Crippen molar-refractivity contribution >= 4 is 5.91 Å². The molecule has 1 amide bonds. The maximum atomic E-state index is 11.6. The number of carbonyl (C=O) groups excluding carboxylic acids is 1. The molecule has 19 heavy (non-hydrogen) atoms. The first-order valence-corrected chi connectivity index (χ1v) is 6.30. The molecular weight excluding hydrogens is 238 g/mol. The second-order valence-electron chi connectivity index (χ2n) is 4.12. The Morgan fingerprint density at radius 3 is 2.47 bits per heavy atom. The third-order valence-corrected chi connectivity index (χ3v) is 2.85. The SMILES string of the molecule is CCOc1ccc(-c2cccc(C(=O)NC)c2)cc1. The van der Waals surface area contributed by atoms with E-state index in [9.17, 15) is 4.79 Å². The van der Waals surface area contributed by atoms with E-state index in [2.05, 4.69) is 5.32 Å². The molecule has 0 heterocycles. The molecule has 0 saturated carbocycles. The van der Waals surface area contributed by atoms with E-state index >= 15 is 0 Å². The second kappa shape index (κ2) is 6.05. The van der Waals surface area contributed by atoms with Crippen LogP contribution in [0.25, 0.3) is 11.1 Å². The molecule has 0 fully saturated rings. The molecule has 0 radical (unpaired) electrons. The summed E-state index contributed by atoms with van der Waals surface area (Å²) in [5.41, 5.74) is 2.74. The molecule has 0 bridgehead atoms. The summed E-state index contributed by atoms with van der Waals surface area (Å²) < 4.78 is 5.41. The monoisotopic (exact) mass is 255 g/mol. The van der Waals surface area contributed by atoms with Gasteiger partial charge in [-0.15, -0.1) is 0 Å². The highest BCUT2D eigenvalue weighted by atomic mass is 16.5. The molecule has 0 aliphatic heterocycles. The Hall–Kier alpha value is -2.29. The van der Waals surface area contributed by atoms with E-state index in [-0.39, 0.29) is 5.91 Å². The maximum absolute atomic E-state index is 11.6. The van der Waals surface area contributed by atoms with Crippen LogP contribution in [0.5, 0.6) is 5.75 Å². The van der Waals surface area contributed by atoms with Crippen molar-refractivity contribution in [1.29, 1.82) is 0 Å². The lowest BCUT2D eigenvalue weighted by Gasteiger charge is -2.07. The van der Waals surface area contributed by atoms with E-state index in [0.717, 1.165) is 16.9 Å². The highest BCUT2D eigenvalue weighted by Gasteiger charge is 2.05. The van der Waals surface area contributed by atoms with Gasteiger partial charge in [0.2, 0.25) is 0 Å². The van der Waals surface area contributed by atoms with Gasteiger partial charge in [-0.25, -0.2) is 0 Å². The zero-order valence-corrected chi connectivity index (χ0v) is 11.1. The number of benzene rings is 2. The van der Waals surface area contributed by atoms with Crippen molar-refractivity contribution < 1.29 is 9.53 Å². The number of hydrogen-bond acceptors (Lipinski definition) is 2. The molecule has 0 saturated heterocycles. The summed E-state index contributed by atoms with van der Waals surface area (Å²) in [6.07, 6.45) is 0. The number of hydrogen-bond donors (Lipinski definition) is 1. The molecule has 98 valence electrons. The van der Waals surface area contributed by atoms with Crippen molar-refractivity contribution in [3.63, 3.8) is 0 Å². The molecule has 0 aliphatic rings. The van der Waals surface area contributed by atoms with Gasteiger partial charge in [0, 0.05) is 12.6 Å². The third kappa shape index (κ3) is 3.13. The average molecular weight is 255 g/mol. The van der Waals surface area contributed by atoms with Crippen LogP contribution in [0.4, 0.5) is 0 Å². The van der Waals surface area contributed by atoms with Gasteiger partial charge in [-0.2, -0.15) is 0 Å². The fraction of sp³-hybridized carbons (Fsp3) is 0.188. The zero-order chi connectivity index (χ0) is 13.7. The Kier molecular flexibility index (Phi) is 4.18. The number of amides is 1. The molecule has 0 aromatic heterocycles. The molecule has 3 heteroatoms. The summed E-state index contributed by atoms with van der Waals surface area (Å²) in [4.78, 5) is 11.6. The quantitative estimate of drug-likeness (QED) is 0.911. The molecule has 2 aromatic rings. The minimum absolute atomic E-state index is 0.0761. The van der Waals surface area contributed by atoms with Crippen molar-refractivity contribution in [2.75, 3.05) is 13.7 Å². The maximum Gasteiger partial charge on any atom is 0.251 e. The topological polar surface area (TPSA) is 38.3 Å². The van der Waals surface area contributed by atoms with Crippen LogP contribution in [-0.4, -0.2) is 19.6 Å². The molecule has 2 aromatic carbocycles. The van der Waals surface area contributed by atoms with Crippen molar-refractivity contribution in [3.8, 4) is 16.9 Å². The molecule has 3 nitrogen and oxygen atoms in total. The third-order valence-electron chi connectivity index (χ3n) is 2.85. The molecule has 2 rings (SSSR count). The van der Waals surface area contributed by atoms with Gasteiger partial charge in [0.05, 0.1) is 6.61 Å². The average Bonchev–Trinajstić information content (AvgIpc) is 2.48. The van der Waals surface area contributed by atoms with Crippen LogP contribution in [0.1, 0.15) is 17.3 Å². The van der Waals surface area contributed by atoms with Gasteiger partial charge in [-0.1, -0.05) is 24.3 Å². The van der Waals surface area contributed by atoms with Gasteiger partial charge in [0.1, 0.15) is 5.75 Å².